The Morgan fingerprint density at radius 2 is 1.71 bits per heavy atom. The standard InChI is InChI=1S/C51H57ClFN7O8S/c1-49(2,3)68-48(62)59-24-19-51(53,20-25-59)32-56-43-13-11-40(28-44(43)60(63)64)69(65,66)57-47(61)41-12-8-35(27-45(41)67-39-26-36-15-21-54-46(36)55-30-39)33-16-22-58(23-17-33)31-37-14-18-50(4,5)29-42(37)34-6-9-38(52)10-7-34/h6-13,15-16,21,26-28,30,56H,14,17-20,22-25,29,31-32H2,1-5H3,(H,54,55)(H,57,61). The van der Waals surface area contributed by atoms with Crippen molar-refractivity contribution in [2.45, 2.75) is 89.3 Å². The Hall–Kier alpha value is -6.30. The lowest BCUT2D eigenvalue weighted by Gasteiger charge is -2.37. The van der Waals surface area contributed by atoms with Crippen molar-refractivity contribution < 1.29 is 36.8 Å². The van der Waals surface area contributed by atoms with E-state index in [0.29, 0.717) is 29.4 Å². The van der Waals surface area contributed by atoms with Gasteiger partial charge >= 0.3 is 6.09 Å². The van der Waals surface area contributed by atoms with Crippen molar-refractivity contribution >= 4 is 67.2 Å². The monoisotopic (exact) mass is 981 g/mol. The van der Waals surface area contributed by atoms with Crippen LogP contribution in [0, 0.1) is 15.5 Å². The molecule has 0 saturated carbocycles. The number of aromatic nitrogens is 2. The minimum absolute atomic E-state index is 0.0454. The molecule has 2 amide bonds. The quantitative estimate of drug-likeness (QED) is 0.0752. The van der Waals surface area contributed by atoms with Gasteiger partial charge in [0.05, 0.1) is 21.6 Å². The van der Waals surface area contributed by atoms with E-state index in [1.54, 1.807) is 45.2 Å². The minimum Gasteiger partial charge on any atom is -0.455 e. The number of alkyl halides is 1. The molecule has 0 unspecified atom stereocenters. The maximum absolute atomic E-state index is 15.9. The number of hydrogen-bond donors (Lipinski definition) is 3. The van der Waals surface area contributed by atoms with Gasteiger partial charge in [-0.05, 0) is 123 Å². The number of amides is 2. The predicted molar refractivity (Wildman–Crippen MR) is 265 cm³/mol. The van der Waals surface area contributed by atoms with Crippen LogP contribution >= 0.6 is 11.6 Å². The molecular formula is C51H57ClFN7O8S. The van der Waals surface area contributed by atoms with Gasteiger partial charge in [-0.25, -0.2) is 27.3 Å². The molecule has 5 aromatic rings. The number of halogens is 2. The fourth-order valence-corrected chi connectivity index (χ4v) is 10.1. The molecule has 3 N–H and O–H groups in total. The number of nitrogens with one attached hydrogen (secondary N) is 3. The summed E-state index contributed by atoms with van der Waals surface area (Å²) in [6.45, 7) is 12.0. The average Bonchev–Trinajstić information content (AvgIpc) is 3.77. The zero-order valence-corrected chi connectivity index (χ0v) is 40.9. The zero-order valence-electron chi connectivity index (χ0n) is 39.4. The first kappa shape index (κ1) is 49.1. The normalized spacial score (nSPS) is 17.6. The van der Waals surface area contributed by atoms with E-state index in [1.807, 2.05) is 18.2 Å². The summed E-state index contributed by atoms with van der Waals surface area (Å²) < 4.78 is 57.3. The van der Waals surface area contributed by atoms with Gasteiger partial charge in [-0.2, -0.15) is 0 Å². The van der Waals surface area contributed by atoms with Gasteiger partial charge in [-0.3, -0.25) is 19.8 Å². The van der Waals surface area contributed by atoms with Crippen molar-refractivity contribution in [3.8, 4) is 11.5 Å². The van der Waals surface area contributed by atoms with E-state index < -0.39 is 48.8 Å². The number of nitro groups is 1. The summed E-state index contributed by atoms with van der Waals surface area (Å²) in [6, 6.07) is 19.7. The van der Waals surface area contributed by atoms with Crippen LogP contribution in [-0.4, -0.2) is 95.6 Å². The maximum Gasteiger partial charge on any atom is 0.410 e. The number of H-pyrrole nitrogens is 1. The molecule has 0 atom stereocenters. The topological polar surface area (TPSA) is 189 Å². The number of piperidine rings is 1. The molecule has 2 aromatic heterocycles. The van der Waals surface area contributed by atoms with Crippen molar-refractivity contribution in [2.75, 3.05) is 44.6 Å². The fourth-order valence-electron chi connectivity index (χ4n) is 9.01. The van der Waals surface area contributed by atoms with Crippen LogP contribution in [0.15, 0.2) is 102 Å². The van der Waals surface area contributed by atoms with Gasteiger partial charge in [0.15, 0.2) is 0 Å². The first-order chi connectivity index (χ1) is 32.6. The summed E-state index contributed by atoms with van der Waals surface area (Å²) in [5.74, 6) is -0.647. The Morgan fingerprint density at radius 3 is 2.41 bits per heavy atom. The molecule has 364 valence electrons. The number of allylic oxidation sites excluding steroid dienone is 1. The van der Waals surface area contributed by atoms with Crippen molar-refractivity contribution in [2.24, 2.45) is 5.41 Å². The minimum atomic E-state index is -4.70. The van der Waals surface area contributed by atoms with Crippen LogP contribution in [0.4, 0.5) is 20.6 Å². The largest absolute Gasteiger partial charge is 0.455 e. The number of fused-ring (bicyclic) bond motifs is 1. The van der Waals surface area contributed by atoms with E-state index in [2.05, 4.69) is 57.0 Å². The predicted octanol–water partition coefficient (Wildman–Crippen LogP) is 10.9. The van der Waals surface area contributed by atoms with E-state index in [-0.39, 0.29) is 54.9 Å². The number of likely N-dealkylation sites (tertiary alicyclic amines) is 1. The SMILES string of the molecule is CC1(C)CCC(CN2CC=C(c3ccc(C(=O)NS(=O)(=O)c4ccc(NCC5(F)CCN(C(=O)OC(C)(C)C)CC5)c([N+](=O)[O-])c4)c(Oc4cnc5[nH]ccc5c4)c3)CC2)=C(c2ccc(Cl)cc2)C1. The van der Waals surface area contributed by atoms with Gasteiger partial charge in [0.2, 0.25) is 0 Å². The molecule has 18 heteroatoms. The molecular weight excluding hydrogens is 925 g/mol. The lowest BCUT2D eigenvalue weighted by Crippen LogP contribution is -2.48. The van der Waals surface area contributed by atoms with Crippen molar-refractivity contribution in [3.63, 3.8) is 0 Å². The Morgan fingerprint density at radius 1 is 0.971 bits per heavy atom. The fraction of sp³-hybridized carbons (Fsp3) is 0.392. The third-order valence-electron chi connectivity index (χ3n) is 12.9. The van der Waals surface area contributed by atoms with Crippen LogP contribution in [0.25, 0.3) is 22.2 Å². The second kappa shape index (κ2) is 19.6. The highest BCUT2D eigenvalue weighted by molar-refractivity contribution is 7.90. The Bertz CT molecular complexity index is 2960. The number of pyridine rings is 1. The van der Waals surface area contributed by atoms with Gasteiger partial charge < -0.3 is 24.7 Å². The van der Waals surface area contributed by atoms with Gasteiger partial charge in [-0.15, -0.1) is 0 Å². The number of carbonyl (C=O) groups is 2. The second-order valence-electron chi connectivity index (χ2n) is 19.9. The van der Waals surface area contributed by atoms with E-state index in [0.717, 1.165) is 67.1 Å². The molecule has 15 nitrogen and oxygen atoms in total. The number of sulfonamides is 1. The lowest BCUT2D eigenvalue weighted by atomic mass is 9.72. The first-order valence-electron chi connectivity index (χ1n) is 23.0. The lowest BCUT2D eigenvalue weighted by molar-refractivity contribution is -0.384. The smallest absolute Gasteiger partial charge is 0.410 e. The Kier molecular flexibility index (Phi) is 14.0. The maximum atomic E-state index is 15.9. The van der Waals surface area contributed by atoms with Crippen molar-refractivity contribution in [1.82, 2.24) is 24.5 Å². The molecule has 1 saturated heterocycles. The molecule has 4 heterocycles. The summed E-state index contributed by atoms with van der Waals surface area (Å²) in [5, 5.41) is 16.5. The summed E-state index contributed by atoms with van der Waals surface area (Å²) >= 11 is 6.24. The third-order valence-corrected chi connectivity index (χ3v) is 14.5. The molecule has 2 aliphatic heterocycles. The molecule has 0 spiro atoms. The first-order valence-corrected chi connectivity index (χ1v) is 24.9. The molecule has 1 aliphatic carbocycles. The molecule has 3 aliphatic rings. The Balaban J connectivity index is 0.988. The zero-order chi connectivity index (χ0) is 49.3. The number of benzene rings is 3. The summed E-state index contributed by atoms with van der Waals surface area (Å²) in [4.78, 5) is 48.7. The van der Waals surface area contributed by atoms with Crippen LogP contribution in [0.3, 0.4) is 0 Å². The van der Waals surface area contributed by atoms with E-state index >= 15 is 4.39 Å². The van der Waals surface area contributed by atoms with E-state index in [1.165, 1.54) is 33.9 Å². The third kappa shape index (κ3) is 11.9. The number of anilines is 1. The Labute approximate surface area is 406 Å². The number of carbonyl (C=O) groups excluding carboxylic acids is 2. The molecule has 8 rings (SSSR count). The van der Waals surface area contributed by atoms with Crippen molar-refractivity contribution in [3.05, 3.63) is 129 Å². The van der Waals surface area contributed by atoms with Crippen molar-refractivity contribution in [1.29, 1.82) is 0 Å². The van der Waals surface area contributed by atoms with Gasteiger partial charge in [-0.1, -0.05) is 55.3 Å². The van der Waals surface area contributed by atoms with Crippen LogP contribution in [0.1, 0.15) is 94.6 Å². The molecule has 0 bridgehead atoms. The average molecular weight is 983 g/mol. The summed E-state index contributed by atoms with van der Waals surface area (Å²) in [5.41, 5.74) is 3.30. The highest BCUT2D eigenvalue weighted by Gasteiger charge is 2.38. The van der Waals surface area contributed by atoms with E-state index in [4.69, 9.17) is 21.1 Å². The highest BCUT2D eigenvalue weighted by Crippen LogP contribution is 2.44. The number of ether oxygens (including phenoxy) is 2. The second-order valence-corrected chi connectivity index (χ2v) is 22.0. The van der Waals surface area contributed by atoms with Gasteiger partial charge in [0.25, 0.3) is 21.6 Å². The number of rotatable bonds is 13. The van der Waals surface area contributed by atoms with Gasteiger partial charge in [0, 0.05) is 74.8 Å². The summed E-state index contributed by atoms with van der Waals surface area (Å²) in [7, 11) is -4.70. The number of nitrogens with zero attached hydrogens (tertiary/aromatic N) is 4. The van der Waals surface area contributed by atoms with Crippen LogP contribution < -0.4 is 14.8 Å². The molecule has 3 aromatic carbocycles. The number of aromatic amines is 1. The highest BCUT2D eigenvalue weighted by atomic mass is 35.5. The summed E-state index contributed by atoms with van der Waals surface area (Å²) in [6.07, 6.45) is 8.59. The van der Waals surface area contributed by atoms with E-state index in [9.17, 15) is 28.1 Å². The number of hydrogen-bond acceptors (Lipinski definition) is 11. The molecule has 0 radical (unpaired) electrons. The molecule has 69 heavy (non-hydrogen) atoms. The van der Waals surface area contributed by atoms with Gasteiger partial charge in [0.1, 0.15) is 34.1 Å². The molecule has 1 fully saturated rings. The van der Waals surface area contributed by atoms with Crippen LogP contribution in [0.2, 0.25) is 5.02 Å². The van der Waals surface area contributed by atoms with Crippen LogP contribution in [0.5, 0.6) is 11.5 Å². The number of nitro benzene ring substituents is 1. The van der Waals surface area contributed by atoms with Crippen LogP contribution in [-0.2, 0) is 14.8 Å².